The van der Waals surface area contributed by atoms with Crippen LogP contribution in [-0.2, 0) is 13.0 Å². The van der Waals surface area contributed by atoms with Crippen LogP contribution >= 0.6 is 15.9 Å². The van der Waals surface area contributed by atoms with Crippen LogP contribution in [0.4, 0.5) is 0 Å². The highest BCUT2D eigenvalue weighted by Crippen LogP contribution is 2.27. The lowest BCUT2D eigenvalue weighted by atomic mass is 9.91. The van der Waals surface area contributed by atoms with Crippen LogP contribution in [0.2, 0.25) is 0 Å². The minimum Gasteiger partial charge on any atom is -0.391 e. The van der Waals surface area contributed by atoms with Crippen LogP contribution in [0.5, 0.6) is 0 Å². The first kappa shape index (κ1) is 17.7. The molecule has 0 bridgehead atoms. The molecular weight excluding hydrogens is 318 g/mol. The lowest BCUT2D eigenvalue weighted by molar-refractivity contribution is -0.00524. The number of halogens is 1. The topological polar surface area (TPSA) is 41.3 Å². The monoisotopic (exact) mass is 345 g/mol. The van der Waals surface area contributed by atoms with E-state index in [2.05, 4.69) is 60.5 Å². The van der Waals surface area contributed by atoms with Gasteiger partial charge in [-0.05, 0) is 56.7 Å². The van der Waals surface area contributed by atoms with E-state index >= 15 is 0 Å². The van der Waals surface area contributed by atoms with E-state index in [0.29, 0.717) is 6.42 Å². The highest BCUT2D eigenvalue weighted by molar-refractivity contribution is 9.10. The Labute approximate surface area is 131 Å². The predicted octanol–water partition coefficient (Wildman–Crippen LogP) is 3.00. The van der Waals surface area contributed by atoms with Crippen LogP contribution in [0.3, 0.4) is 0 Å². The second kappa shape index (κ2) is 7.05. The van der Waals surface area contributed by atoms with Gasteiger partial charge in [-0.15, -0.1) is 0 Å². The Kier molecular flexibility index (Phi) is 6.23. The van der Waals surface area contributed by atoms with Gasteiger partial charge in [-0.3, -0.25) is 9.58 Å². The molecule has 0 saturated heterocycles. The lowest BCUT2D eigenvalue weighted by Gasteiger charge is -2.41. The van der Waals surface area contributed by atoms with Gasteiger partial charge in [-0.25, -0.2) is 0 Å². The van der Waals surface area contributed by atoms with E-state index in [0.717, 1.165) is 35.5 Å². The first-order valence-corrected chi connectivity index (χ1v) is 8.23. The van der Waals surface area contributed by atoms with Gasteiger partial charge in [0.2, 0.25) is 0 Å². The third-order valence-electron chi connectivity index (χ3n) is 4.23. The Morgan fingerprint density at radius 3 is 2.30 bits per heavy atom. The molecule has 1 atom stereocenters. The largest absolute Gasteiger partial charge is 0.391 e. The van der Waals surface area contributed by atoms with E-state index in [9.17, 15) is 5.11 Å². The Morgan fingerprint density at radius 1 is 1.30 bits per heavy atom. The van der Waals surface area contributed by atoms with Crippen molar-refractivity contribution in [2.45, 2.75) is 66.2 Å². The van der Waals surface area contributed by atoms with Crippen molar-refractivity contribution in [1.29, 1.82) is 0 Å². The Hall–Kier alpha value is -0.390. The average molecular weight is 346 g/mol. The molecule has 0 aliphatic rings. The zero-order valence-corrected chi connectivity index (χ0v) is 15.2. The molecule has 5 heteroatoms. The molecule has 4 nitrogen and oxygen atoms in total. The Balaban J connectivity index is 2.98. The van der Waals surface area contributed by atoms with Crippen LogP contribution in [0.15, 0.2) is 4.47 Å². The summed E-state index contributed by atoms with van der Waals surface area (Å²) in [6.07, 6.45) is 0.179. The highest BCUT2D eigenvalue weighted by Gasteiger charge is 2.34. The first-order chi connectivity index (χ1) is 9.29. The maximum absolute atomic E-state index is 10.7. The van der Waals surface area contributed by atoms with Gasteiger partial charge in [0.15, 0.2) is 0 Å². The number of nitrogens with zero attached hydrogens (tertiary/aromatic N) is 3. The molecule has 0 aliphatic carbocycles. The fourth-order valence-corrected chi connectivity index (χ4v) is 3.19. The highest BCUT2D eigenvalue weighted by atomic mass is 79.9. The van der Waals surface area contributed by atoms with E-state index in [4.69, 9.17) is 0 Å². The molecule has 0 aliphatic heterocycles. The normalized spacial score (nSPS) is 14.1. The molecule has 1 unspecified atom stereocenters. The van der Waals surface area contributed by atoms with Crippen LogP contribution in [0.1, 0.15) is 46.0 Å². The molecule has 1 N–H and O–H groups in total. The van der Waals surface area contributed by atoms with Crippen LogP contribution < -0.4 is 0 Å². The van der Waals surface area contributed by atoms with Crippen LogP contribution in [0, 0.1) is 6.92 Å². The molecule has 0 aromatic carbocycles. The van der Waals surface area contributed by atoms with E-state index in [1.165, 1.54) is 0 Å². The van der Waals surface area contributed by atoms with Gasteiger partial charge in [0, 0.05) is 18.5 Å². The summed E-state index contributed by atoms with van der Waals surface area (Å²) in [6.45, 7) is 15.2. The van der Waals surface area contributed by atoms with Crippen molar-refractivity contribution >= 4 is 15.9 Å². The van der Waals surface area contributed by atoms with Crippen molar-refractivity contribution < 1.29 is 5.11 Å². The lowest BCUT2D eigenvalue weighted by Crippen LogP contribution is -2.53. The van der Waals surface area contributed by atoms with Crippen LogP contribution in [-0.4, -0.2) is 44.5 Å². The molecule has 1 aromatic rings. The number of likely N-dealkylation sites (N-methyl/N-ethyl adjacent to an activating group) is 1. The van der Waals surface area contributed by atoms with Gasteiger partial charge < -0.3 is 5.11 Å². The standard InChI is InChI=1S/C15H28BrN3O/c1-7-18(8-2)15(5,6)13(20)10-12-14(16)11(4)17-19(12)9-3/h13,20H,7-10H2,1-6H3. The summed E-state index contributed by atoms with van der Waals surface area (Å²) in [6, 6.07) is 0. The number of aryl methyl sites for hydroxylation is 2. The van der Waals surface area contributed by atoms with Crippen molar-refractivity contribution in [3.05, 3.63) is 15.9 Å². The number of aromatic nitrogens is 2. The van der Waals surface area contributed by atoms with Crippen molar-refractivity contribution in [3.8, 4) is 0 Å². The summed E-state index contributed by atoms with van der Waals surface area (Å²) in [5.74, 6) is 0. The van der Waals surface area contributed by atoms with Crippen molar-refractivity contribution in [3.63, 3.8) is 0 Å². The van der Waals surface area contributed by atoms with Gasteiger partial charge in [0.25, 0.3) is 0 Å². The minimum atomic E-state index is -0.430. The summed E-state index contributed by atoms with van der Waals surface area (Å²) in [7, 11) is 0. The van der Waals surface area contributed by atoms with Gasteiger partial charge in [0.1, 0.15) is 0 Å². The summed E-state index contributed by atoms with van der Waals surface area (Å²) >= 11 is 3.60. The smallest absolute Gasteiger partial charge is 0.0774 e. The first-order valence-electron chi connectivity index (χ1n) is 7.44. The molecule has 0 saturated carbocycles. The quantitative estimate of drug-likeness (QED) is 0.825. The molecular formula is C15H28BrN3O. The molecule has 0 fully saturated rings. The molecule has 1 rings (SSSR count). The van der Waals surface area contributed by atoms with Crippen LogP contribution in [0.25, 0.3) is 0 Å². The van der Waals surface area contributed by atoms with Gasteiger partial charge >= 0.3 is 0 Å². The Bertz CT molecular complexity index is 439. The zero-order valence-electron chi connectivity index (χ0n) is 13.6. The third-order valence-corrected chi connectivity index (χ3v) is 5.26. The third kappa shape index (κ3) is 3.43. The summed E-state index contributed by atoms with van der Waals surface area (Å²) in [5.41, 5.74) is 1.81. The number of rotatable bonds is 7. The summed E-state index contributed by atoms with van der Waals surface area (Å²) in [5, 5.41) is 15.2. The second-order valence-electron chi connectivity index (χ2n) is 5.71. The van der Waals surface area contributed by atoms with Crippen molar-refractivity contribution in [1.82, 2.24) is 14.7 Å². The molecule has 0 amide bonds. The van der Waals surface area contributed by atoms with E-state index in [1.807, 2.05) is 11.6 Å². The van der Waals surface area contributed by atoms with E-state index in [-0.39, 0.29) is 5.54 Å². The number of aliphatic hydroxyl groups excluding tert-OH is 1. The van der Waals surface area contributed by atoms with Gasteiger partial charge in [-0.2, -0.15) is 5.10 Å². The summed E-state index contributed by atoms with van der Waals surface area (Å²) < 4.78 is 3.00. The van der Waals surface area contributed by atoms with Gasteiger partial charge in [-0.1, -0.05) is 13.8 Å². The minimum absolute atomic E-state index is 0.250. The fourth-order valence-electron chi connectivity index (χ4n) is 2.75. The maximum Gasteiger partial charge on any atom is 0.0774 e. The molecule has 0 radical (unpaired) electrons. The second-order valence-corrected chi connectivity index (χ2v) is 6.50. The van der Waals surface area contributed by atoms with Crippen molar-refractivity contribution in [2.75, 3.05) is 13.1 Å². The SMILES string of the molecule is CCN(CC)C(C)(C)C(O)Cc1c(Br)c(C)nn1CC. The maximum atomic E-state index is 10.7. The Morgan fingerprint density at radius 2 is 1.85 bits per heavy atom. The van der Waals surface area contributed by atoms with E-state index < -0.39 is 6.10 Å². The van der Waals surface area contributed by atoms with Crippen molar-refractivity contribution in [2.24, 2.45) is 0 Å². The van der Waals surface area contributed by atoms with E-state index in [1.54, 1.807) is 0 Å². The molecule has 116 valence electrons. The zero-order chi connectivity index (χ0) is 15.5. The average Bonchev–Trinajstić information content (AvgIpc) is 2.67. The number of aliphatic hydroxyl groups is 1. The molecule has 0 spiro atoms. The van der Waals surface area contributed by atoms with Gasteiger partial charge in [0.05, 0.1) is 22.0 Å². The predicted molar refractivity (Wildman–Crippen MR) is 87.0 cm³/mol. The molecule has 20 heavy (non-hydrogen) atoms. The fraction of sp³-hybridized carbons (Fsp3) is 0.800. The molecule has 1 heterocycles. The molecule has 1 aromatic heterocycles. The summed E-state index contributed by atoms with van der Waals surface area (Å²) in [4.78, 5) is 2.30. The number of hydrogen-bond acceptors (Lipinski definition) is 3. The number of hydrogen-bond donors (Lipinski definition) is 1.